The molecule has 1 amide bonds. The summed E-state index contributed by atoms with van der Waals surface area (Å²) < 4.78 is 13.1. The summed E-state index contributed by atoms with van der Waals surface area (Å²) in [5.41, 5.74) is 8.16. The minimum absolute atomic E-state index is 0.0232. The van der Waals surface area contributed by atoms with Gasteiger partial charge in [-0.05, 0) is 25.7 Å². The molecule has 0 saturated carbocycles. The highest BCUT2D eigenvalue weighted by Crippen LogP contribution is 2.30. The molecule has 0 bridgehead atoms. The van der Waals surface area contributed by atoms with Crippen molar-refractivity contribution in [3.63, 3.8) is 0 Å². The molecule has 2 fully saturated rings. The number of hydrogen-bond donors (Lipinski definition) is 1. The third kappa shape index (κ3) is 4.16. The number of amides is 1. The molecule has 2 N–H and O–H groups in total. The molecule has 9 nitrogen and oxygen atoms in total. The lowest BCUT2D eigenvalue weighted by molar-refractivity contribution is -0.137. The van der Waals surface area contributed by atoms with Gasteiger partial charge in [0.15, 0.2) is 5.65 Å². The van der Waals surface area contributed by atoms with E-state index in [-0.39, 0.29) is 24.5 Å². The fraction of sp³-hybridized carbons (Fsp3) is 0.684. The third-order valence-corrected chi connectivity index (χ3v) is 5.47. The Balaban J connectivity index is 1.35. The van der Waals surface area contributed by atoms with Crippen molar-refractivity contribution in [3.05, 3.63) is 18.1 Å². The zero-order valence-corrected chi connectivity index (χ0v) is 16.1. The first kappa shape index (κ1) is 19.2. The van der Waals surface area contributed by atoms with Crippen molar-refractivity contribution in [2.24, 2.45) is 5.73 Å². The van der Waals surface area contributed by atoms with E-state index in [4.69, 9.17) is 20.3 Å². The van der Waals surface area contributed by atoms with Crippen LogP contribution in [0.25, 0.3) is 11.2 Å². The molecule has 0 spiro atoms. The minimum atomic E-state index is 0.0232. The molecule has 28 heavy (non-hydrogen) atoms. The van der Waals surface area contributed by atoms with E-state index in [2.05, 4.69) is 9.97 Å². The largest absolute Gasteiger partial charge is 0.376 e. The second kappa shape index (κ2) is 8.93. The lowest BCUT2D eigenvalue weighted by atomic mass is 10.0. The maximum atomic E-state index is 12.5. The average Bonchev–Trinajstić information content (AvgIpc) is 3.35. The molecule has 2 atom stereocenters. The molecule has 2 saturated heterocycles. The Morgan fingerprint density at radius 3 is 3.00 bits per heavy atom. The van der Waals surface area contributed by atoms with Crippen LogP contribution in [-0.4, -0.2) is 76.1 Å². The number of ether oxygens (including phenoxy) is 2. The predicted molar refractivity (Wildman–Crippen MR) is 103 cm³/mol. The Morgan fingerprint density at radius 1 is 1.29 bits per heavy atom. The standard InChI is InChI=1S/C19H28N6O3/c20-5-9-25-19-18(21-6-7-22-19)17(23-25)14-4-8-24(11-14)16(26)13-27-12-15-3-1-2-10-28-15/h6-7,14-15H,1-5,8-13,20H2/t14-,15-/m1/s1. The lowest BCUT2D eigenvalue weighted by Gasteiger charge is -2.23. The molecule has 4 rings (SSSR count). The Bertz CT molecular complexity index is 804. The highest BCUT2D eigenvalue weighted by molar-refractivity contribution is 5.78. The molecular weight excluding hydrogens is 360 g/mol. The summed E-state index contributed by atoms with van der Waals surface area (Å²) in [5.74, 6) is 0.180. The number of carbonyl (C=O) groups excluding carboxylic acids is 1. The van der Waals surface area contributed by atoms with Gasteiger partial charge in [-0.1, -0.05) is 0 Å². The topological polar surface area (TPSA) is 108 Å². The Labute approximate surface area is 164 Å². The SMILES string of the molecule is NCCn1nc([C@@H]2CCN(C(=O)COC[C@H]3CCCCO3)C2)c2nccnc21. The molecule has 0 radical (unpaired) electrons. The Kier molecular flexibility index (Phi) is 6.13. The van der Waals surface area contributed by atoms with Gasteiger partial charge in [-0.3, -0.25) is 4.79 Å². The van der Waals surface area contributed by atoms with Gasteiger partial charge in [0.1, 0.15) is 12.1 Å². The fourth-order valence-electron chi connectivity index (χ4n) is 4.00. The number of likely N-dealkylation sites (tertiary alicyclic amines) is 1. The zero-order valence-electron chi connectivity index (χ0n) is 16.1. The van der Waals surface area contributed by atoms with Crippen LogP contribution in [0.4, 0.5) is 0 Å². The number of nitrogens with two attached hydrogens (primary N) is 1. The molecule has 2 aromatic heterocycles. The predicted octanol–water partition coefficient (Wildman–Crippen LogP) is 0.687. The smallest absolute Gasteiger partial charge is 0.248 e. The quantitative estimate of drug-likeness (QED) is 0.743. The van der Waals surface area contributed by atoms with Gasteiger partial charge in [0.25, 0.3) is 0 Å². The van der Waals surface area contributed by atoms with Gasteiger partial charge in [0.2, 0.25) is 5.91 Å². The lowest BCUT2D eigenvalue weighted by Crippen LogP contribution is -2.33. The van der Waals surface area contributed by atoms with Crippen molar-refractivity contribution < 1.29 is 14.3 Å². The van der Waals surface area contributed by atoms with Crippen LogP contribution >= 0.6 is 0 Å². The first-order valence-corrected chi connectivity index (χ1v) is 10.1. The highest BCUT2D eigenvalue weighted by Gasteiger charge is 2.31. The van der Waals surface area contributed by atoms with Gasteiger partial charge < -0.3 is 20.1 Å². The van der Waals surface area contributed by atoms with E-state index in [0.717, 1.165) is 42.7 Å². The van der Waals surface area contributed by atoms with E-state index in [1.807, 2.05) is 9.58 Å². The van der Waals surface area contributed by atoms with Crippen molar-refractivity contribution >= 4 is 17.1 Å². The maximum Gasteiger partial charge on any atom is 0.248 e. The van der Waals surface area contributed by atoms with E-state index in [9.17, 15) is 4.79 Å². The number of carbonyl (C=O) groups is 1. The maximum absolute atomic E-state index is 12.5. The van der Waals surface area contributed by atoms with E-state index in [1.54, 1.807) is 12.4 Å². The van der Waals surface area contributed by atoms with Crippen LogP contribution in [0.5, 0.6) is 0 Å². The van der Waals surface area contributed by atoms with Gasteiger partial charge in [-0.25, -0.2) is 14.6 Å². The Morgan fingerprint density at radius 2 is 2.18 bits per heavy atom. The van der Waals surface area contributed by atoms with Crippen LogP contribution in [0.3, 0.4) is 0 Å². The number of hydrogen-bond acceptors (Lipinski definition) is 7. The van der Waals surface area contributed by atoms with Crippen LogP contribution in [0.15, 0.2) is 12.4 Å². The molecular formula is C19H28N6O3. The molecule has 0 aromatic carbocycles. The van der Waals surface area contributed by atoms with Crippen LogP contribution in [0, 0.1) is 0 Å². The van der Waals surface area contributed by atoms with Gasteiger partial charge in [0.05, 0.1) is 24.9 Å². The summed E-state index contributed by atoms with van der Waals surface area (Å²) in [5, 5.41) is 4.70. The third-order valence-electron chi connectivity index (χ3n) is 5.47. The summed E-state index contributed by atoms with van der Waals surface area (Å²) in [6.45, 7) is 3.82. The summed E-state index contributed by atoms with van der Waals surface area (Å²) in [7, 11) is 0. The van der Waals surface area contributed by atoms with Crippen LogP contribution in [-0.2, 0) is 20.8 Å². The first-order chi connectivity index (χ1) is 13.8. The van der Waals surface area contributed by atoms with E-state index < -0.39 is 0 Å². The van der Waals surface area contributed by atoms with Crippen LogP contribution in [0.1, 0.15) is 37.3 Å². The molecule has 2 aliphatic heterocycles. The van der Waals surface area contributed by atoms with Crippen molar-refractivity contribution in [2.75, 3.05) is 39.5 Å². The van der Waals surface area contributed by atoms with Gasteiger partial charge >= 0.3 is 0 Å². The molecule has 9 heteroatoms. The van der Waals surface area contributed by atoms with Gasteiger partial charge in [-0.2, -0.15) is 5.10 Å². The van der Waals surface area contributed by atoms with Crippen molar-refractivity contribution in [3.8, 4) is 0 Å². The van der Waals surface area contributed by atoms with E-state index in [1.165, 1.54) is 6.42 Å². The van der Waals surface area contributed by atoms with Gasteiger partial charge in [0, 0.05) is 44.6 Å². The first-order valence-electron chi connectivity index (χ1n) is 10.1. The Hall–Kier alpha value is -2.10. The summed E-state index contributed by atoms with van der Waals surface area (Å²) >= 11 is 0. The number of nitrogens with zero attached hydrogens (tertiary/aromatic N) is 5. The molecule has 0 aliphatic carbocycles. The second-order valence-electron chi connectivity index (χ2n) is 7.45. The summed E-state index contributed by atoms with van der Waals surface area (Å²) in [6, 6.07) is 0. The highest BCUT2D eigenvalue weighted by atomic mass is 16.5. The van der Waals surface area contributed by atoms with Crippen molar-refractivity contribution in [2.45, 2.75) is 44.2 Å². The van der Waals surface area contributed by atoms with E-state index >= 15 is 0 Å². The second-order valence-corrected chi connectivity index (χ2v) is 7.45. The van der Waals surface area contributed by atoms with Crippen molar-refractivity contribution in [1.82, 2.24) is 24.6 Å². The van der Waals surface area contributed by atoms with Crippen LogP contribution in [0.2, 0.25) is 0 Å². The molecule has 0 unspecified atom stereocenters. The number of fused-ring (bicyclic) bond motifs is 1. The van der Waals surface area contributed by atoms with Crippen LogP contribution < -0.4 is 5.73 Å². The molecule has 2 aromatic rings. The molecule has 2 aliphatic rings. The summed E-state index contributed by atoms with van der Waals surface area (Å²) in [6.07, 6.45) is 7.64. The van der Waals surface area contributed by atoms with E-state index in [0.29, 0.717) is 32.8 Å². The van der Waals surface area contributed by atoms with Gasteiger partial charge in [-0.15, -0.1) is 0 Å². The number of rotatable bonds is 7. The van der Waals surface area contributed by atoms with Crippen molar-refractivity contribution in [1.29, 1.82) is 0 Å². The number of aromatic nitrogens is 4. The molecule has 152 valence electrons. The minimum Gasteiger partial charge on any atom is -0.376 e. The molecule has 4 heterocycles. The normalized spacial score (nSPS) is 22.8. The average molecular weight is 388 g/mol. The zero-order chi connectivity index (χ0) is 19.3. The monoisotopic (exact) mass is 388 g/mol. The summed E-state index contributed by atoms with van der Waals surface area (Å²) in [4.78, 5) is 23.3. The fourth-order valence-corrected chi connectivity index (χ4v) is 4.00.